The van der Waals surface area contributed by atoms with Gasteiger partial charge in [0.15, 0.2) is 0 Å². The molecule has 0 aromatic heterocycles. The summed E-state index contributed by atoms with van der Waals surface area (Å²) >= 11 is 3.81. The lowest BCUT2D eigenvalue weighted by molar-refractivity contribution is 0.695. The highest BCUT2D eigenvalue weighted by Gasteiger charge is 1.80. The second-order valence-electron chi connectivity index (χ2n) is 1.74. The van der Waals surface area contributed by atoms with Crippen molar-refractivity contribution in [3.8, 4) is 0 Å². The minimum absolute atomic E-state index is 0.806. The molecule has 0 saturated carbocycles. The third-order valence-corrected chi connectivity index (χ3v) is 0.908. The van der Waals surface area contributed by atoms with Crippen molar-refractivity contribution in [2.75, 3.05) is 13.1 Å². The van der Waals surface area contributed by atoms with Crippen LogP contribution in [0.3, 0.4) is 0 Å². The molecule has 0 radical (unpaired) electrons. The number of hydrogen-bond donors (Lipinski definition) is 3. The molecule has 0 rings (SSSR count). The highest BCUT2D eigenvalue weighted by atomic mass is 32.1. The molecular weight excluding hydrogens is 146 g/mol. The maximum atomic E-state index is 5.77. The third-order valence-electron chi connectivity index (χ3n) is 0.908. The topological polar surface area (TPSA) is 75.9 Å². The Morgan fingerprint density at radius 2 is 1.40 bits per heavy atom. The first-order valence-corrected chi connectivity index (χ1v) is 3.68. The van der Waals surface area contributed by atoms with Gasteiger partial charge in [-0.2, -0.15) is 0 Å². The van der Waals surface area contributed by atoms with E-state index in [1.54, 1.807) is 5.16 Å². The van der Waals surface area contributed by atoms with Crippen LogP contribution in [-0.2, 0) is 0 Å². The molecular formula is C6H15N3S. The van der Waals surface area contributed by atoms with Crippen molar-refractivity contribution in [2.24, 2.45) is 11.5 Å². The Kier molecular flexibility index (Phi) is 19.7. The van der Waals surface area contributed by atoms with Gasteiger partial charge in [-0.1, -0.05) is 6.42 Å². The molecule has 60 valence electrons. The minimum Gasteiger partial charge on any atom is -0.330 e. The van der Waals surface area contributed by atoms with Crippen molar-refractivity contribution >= 4 is 17.4 Å². The van der Waals surface area contributed by atoms with Gasteiger partial charge >= 0.3 is 0 Å². The lowest BCUT2D eigenvalue weighted by atomic mass is 10.2. The Morgan fingerprint density at radius 3 is 1.60 bits per heavy atom. The molecule has 0 unspecified atom stereocenters. The van der Waals surface area contributed by atoms with Gasteiger partial charge in [-0.15, -0.1) is 0 Å². The fraction of sp³-hybridized carbons (Fsp3) is 0.833. The number of nitrogens with one attached hydrogen (secondary N) is 1. The van der Waals surface area contributed by atoms with Gasteiger partial charge in [0.1, 0.15) is 0 Å². The molecule has 10 heavy (non-hydrogen) atoms. The van der Waals surface area contributed by atoms with Crippen LogP contribution < -0.4 is 11.5 Å². The molecule has 0 aliphatic rings. The molecule has 0 fully saturated rings. The van der Waals surface area contributed by atoms with E-state index in [0.29, 0.717) is 0 Å². The van der Waals surface area contributed by atoms with E-state index < -0.39 is 0 Å². The van der Waals surface area contributed by atoms with Gasteiger partial charge in [0, 0.05) is 0 Å². The molecule has 0 amide bonds. The first-order chi connectivity index (χ1) is 4.83. The molecule has 0 aromatic carbocycles. The van der Waals surface area contributed by atoms with E-state index in [-0.39, 0.29) is 0 Å². The van der Waals surface area contributed by atoms with E-state index in [1.807, 2.05) is 0 Å². The largest absolute Gasteiger partial charge is 0.330 e. The zero-order valence-corrected chi connectivity index (χ0v) is 6.91. The van der Waals surface area contributed by atoms with Crippen LogP contribution in [0.2, 0.25) is 0 Å². The van der Waals surface area contributed by atoms with E-state index >= 15 is 0 Å². The van der Waals surface area contributed by atoms with Crippen LogP contribution in [0.1, 0.15) is 19.3 Å². The Labute approximate surface area is 67.3 Å². The van der Waals surface area contributed by atoms with Gasteiger partial charge in [-0.25, -0.2) is 5.41 Å². The molecule has 0 saturated heterocycles. The molecule has 5 N–H and O–H groups in total. The molecule has 4 heteroatoms. The lowest BCUT2D eigenvalue weighted by Gasteiger charge is -1.91. The van der Waals surface area contributed by atoms with Crippen LogP contribution in [0.15, 0.2) is 0 Å². The number of isothiocyanates is 1. The van der Waals surface area contributed by atoms with Gasteiger partial charge < -0.3 is 11.5 Å². The maximum absolute atomic E-state index is 5.77. The minimum atomic E-state index is 0.806. The van der Waals surface area contributed by atoms with E-state index in [1.165, 1.54) is 6.42 Å². The molecule has 0 spiro atoms. The lowest BCUT2D eigenvalue weighted by Crippen LogP contribution is -2.02. The average Bonchev–Trinajstić information content (AvgIpc) is 1.91. The van der Waals surface area contributed by atoms with Gasteiger partial charge in [0.05, 0.1) is 5.16 Å². The first kappa shape index (κ1) is 12.4. The number of thiocarbonyl (C=S) groups is 1. The summed E-state index contributed by atoms with van der Waals surface area (Å²) in [4.78, 5) is 0. The summed E-state index contributed by atoms with van der Waals surface area (Å²) in [7, 11) is 0. The molecule has 3 nitrogen and oxygen atoms in total. The SMILES string of the molecule is N=C=S.NCCCCCN. The van der Waals surface area contributed by atoms with Crippen LogP contribution in [0.5, 0.6) is 0 Å². The molecule has 0 heterocycles. The van der Waals surface area contributed by atoms with Crippen molar-refractivity contribution in [1.29, 1.82) is 5.41 Å². The van der Waals surface area contributed by atoms with Crippen LogP contribution in [0.4, 0.5) is 0 Å². The van der Waals surface area contributed by atoms with Crippen LogP contribution >= 0.6 is 12.2 Å². The van der Waals surface area contributed by atoms with Gasteiger partial charge in [-0.3, -0.25) is 0 Å². The summed E-state index contributed by atoms with van der Waals surface area (Å²) in [6, 6.07) is 0. The van der Waals surface area contributed by atoms with Crippen molar-refractivity contribution in [2.45, 2.75) is 19.3 Å². The summed E-state index contributed by atoms with van der Waals surface area (Å²) in [6.45, 7) is 1.61. The Morgan fingerprint density at radius 1 is 1.10 bits per heavy atom. The number of nitrogens with two attached hydrogens (primary N) is 2. The maximum Gasteiger partial charge on any atom is 0.0554 e. The summed E-state index contributed by atoms with van der Waals surface area (Å²) < 4.78 is 0. The second-order valence-corrected chi connectivity index (χ2v) is 1.94. The van der Waals surface area contributed by atoms with Crippen molar-refractivity contribution < 1.29 is 0 Å². The fourth-order valence-corrected chi connectivity index (χ4v) is 0.465. The number of rotatable bonds is 4. The van der Waals surface area contributed by atoms with E-state index in [0.717, 1.165) is 25.9 Å². The van der Waals surface area contributed by atoms with Gasteiger partial charge in [-0.05, 0) is 38.1 Å². The fourth-order valence-electron chi connectivity index (χ4n) is 0.465. The van der Waals surface area contributed by atoms with E-state index in [2.05, 4.69) is 12.2 Å². The zero-order valence-electron chi connectivity index (χ0n) is 6.10. The van der Waals surface area contributed by atoms with Crippen LogP contribution in [0, 0.1) is 5.41 Å². The zero-order chi connectivity index (χ0) is 8.24. The Bertz CT molecular complexity index is 75.1. The summed E-state index contributed by atoms with van der Waals surface area (Å²) in [5.41, 5.74) is 10.5. The third kappa shape index (κ3) is 25.2. The van der Waals surface area contributed by atoms with Gasteiger partial charge in [0.25, 0.3) is 0 Å². The highest BCUT2D eigenvalue weighted by Crippen LogP contribution is 1.88. The average molecular weight is 161 g/mol. The van der Waals surface area contributed by atoms with Crippen LogP contribution in [-0.4, -0.2) is 18.3 Å². The van der Waals surface area contributed by atoms with Crippen molar-refractivity contribution in [3.05, 3.63) is 0 Å². The molecule has 0 bridgehead atoms. The first-order valence-electron chi connectivity index (χ1n) is 3.27. The summed E-state index contributed by atoms with van der Waals surface area (Å²) in [5, 5.41) is 7.36. The highest BCUT2D eigenvalue weighted by molar-refractivity contribution is 7.78. The van der Waals surface area contributed by atoms with Gasteiger partial charge in [0.2, 0.25) is 0 Å². The quantitative estimate of drug-likeness (QED) is 0.323. The number of unbranched alkanes of at least 4 members (excludes halogenated alkanes) is 2. The van der Waals surface area contributed by atoms with Crippen molar-refractivity contribution in [3.63, 3.8) is 0 Å². The summed E-state index contributed by atoms with van der Waals surface area (Å²) in [5.74, 6) is 0. The second kappa shape index (κ2) is 15.9. The standard InChI is InChI=1S/C5H14N2.CHNS/c6-4-2-1-3-5-7;2-1-3/h1-7H2;2H. The van der Waals surface area contributed by atoms with Crippen LogP contribution in [0.25, 0.3) is 0 Å². The summed E-state index contributed by atoms with van der Waals surface area (Å²) in [6.07, 6.45) is 3.43. The molecule has 0 atom stereocenters. The van der Waals surface area contributed by atoms with E-state index in [4.69, 9.17) is 16.9 Å². The predicted octanol–water partition coefficient (Wildman–Crippen LogP) is 0.742. The van der Waals surface area contributed by atoms with E-state index in [9.17, 15) is 0 Å². The molecule has 0 aliphatic heterocycles. The molecule has 0 aliphatic carbocycles. The number of hydrogen-bond acceptors (Lipinski definition) is 4. The predicted molar refractivity (Wildman–Crippen MR) is 47.3 cm³/mol. The Hall–Kier alpha value is -0.280. The molecule has 0 aromatic rings. The van der Waals surface area contributed by atoms with Crippen molar-refractivity contribution in [1.82, 2.24) is 0 Å². The Balaban J connectivity index is 0. The monoisotopic (exact) mass is 161 g/mol. The normalized spacial score (nSPS) is 7.40. The smallest absolute Gasteiger partial charge is 0.0554 e.